The molecule has 5 rings (SSSR count). The number of hydrogen-bond acceptors (Lipinski definition) is 6. The molecule has 3 aliphatic heterocycles. The lowest BCUT2D eigenvalue weighted by molar-refractivity contribution is 0.0982. The highest BCUT2D eigenvalue weighted by Gasteiger charge is 2.41. The van der Waals surface area contributed by atoms with Gasteiger partial charge in [0.25, 0.3) is 0 Å². The van der Waals surface area contributed by atoms with E-state index in [1.807, 2.05) is 31.2 Å². The fourth-order valence-corrected chi connectivity index (χ4v) is 5.23. The number of aromatic nitrogens is 2. The fourth-order valence-electron chi connectivity index (χ4n) is 5.23. The maximum absolute atomic E-state index is 11.8. The normalized spacial score (nSPS) is 24.8. The molecule has 4 heterocycles. The van der Waals surface area contributed by atoms with Gasteiger partial charge in [-0.15, -0.1) is 0 Å². The van der Waals surface area contributed by atoms with Crippen LogP contribution < -0.4 is 15.5 Å². The van der Waals surface area contributed by atoms with E-state index in [4.69, 9.17) is 14.7 Å². The maximum Gasteiger partial charge on any atom is 0.319 e. The second-order valence-electron chi connectivity index (χ2n) is 9.03. The van der Waals surface area contributed by atoms with E-state index in [0.717, 1.165) is 55.5 Å². The number of ether oxygens (including phenoxy) is 1. The van der Waals surface area contributed by atoms with E-state index in [-0.39, 0.29) is 12.1 Å². The molecule has 8 heteroatoms. The Labute approximate surface area is 189 Å². The molecule has 1 aromatic carbocycles. The van der Waals surface area contributed by atoms with E-state index in [0.29, 0.717) is 18.6 Å². The van der Waals surface area contributed by atoms with E-state index >= 15 is 0 Å². The Morgan fingerprint density at radius 3 is 2.78 bits per heavy atom. The first kappa shape index (κ1) is 21.2. The van der Waals surface area contributed by atoms with Gasteiger partial charge in [0, 0.05) is 35.9 Å². The summed E-state index contributed by atoms with van der Waals surface area (Å²) in [5, 5.41) is 5.59. The molecule has 0 saturated carbocycles. The van der Waals surface area contributed by atoms with Gasteiger partial charge in [0.2, 0.25) is 0 Å². The lowest BCUT2D eigenvalue weighted by Gasteiger charge is -2.39. The summed E-state index contributed by atoms with van der Waals surface area (Å²) in [5.41, 5.74) is 4.21. The van der Waals surface area contributed by atoms with Crippen molar-refractivity contribution < 1.29 is 9.53 Å². The van der Waals surface area contributed by atoms with E-state index < -0.39 is 0 Å². The monoisotopic (exact) mass is 436 g/mol. The van der Waals surface area contributed by atoms with Crippen LogP contribution in [0.5, 0.6) is 0 Å². The Morgan fingerprint density at radius 2 is 2.03 bits per heavy atom. The van der Waals surface area contributed by atoms with Crippen molar-refractivity contribution in [2.45, 2.75) is 51.2 Å². The van der Waals surface area contributed by atoms with Gasteiger partial charge in [-0.3, -0.25) is 4.90 Å². The van der Waals surface area contributed by atoms with Gasteiger partial charge in [-0.25, -0.2) is 14.8 Å². The molecule has 2 N–H and O–H groups in total. The summed E-state index contributed by atoms with van der Waals surface area (Å²) in [6.45, 7) is 6.99. The first-order chi connectivity index (χ1) is 15.5. The van der Waals surface area contributed by atoms with E-state index in [1.165, 1.54) is 17.7 Å². The summed E-state index contributed by atoms with van der Waals surface area (Å²) in [4.78, 5) is 26.9. The largest absolute Gasteiger partial charge is 0.377 e. The molecule has 2 aromatic rings. The number of carbonyl (C=O) groups is 1. The first-order valence-corrected chi connectivity index (χ1v) is 11.7. The van der Waals surface area contributed by atoms with Crippen LogP contribution in [0.15, 0.2) is 24.3 Å². The second kappa shape index (κ2) is 8.67. The van der Waals surface area contributed by atoms with Crippen LogP contribution in [0.25, 0.3) is 11.4 Å². The number of urea groups is 1. The van der Waals surface area contributed by atoms with Crippen LogP contribution in [0.2, 0.25) is 0 Å². The van der Waals surface area contributed by atoms with Crippen molar-refractivity contribution in [3.63, 3.8) is 0 Å². The van der Waals surface area contributed by atoms with E-state index in [1.54, 1.807) is 0 Å². The molecule has 0 radical (unpaired) electrons. The smallest absolute Gasteiger partial charge is 0.319 e. The number of carbonyl (C=O) groups excluding carboxylic acids is 1. The van der Waals surface area contributed by atoms with Crippen molar-refractivity contribution in [1.29, 1.82) is 0 Å². The highest BCUT2D eigenvalue weighted by molar-refractivity contribution is 5.89. The molecule has 0 aliphatic carbocycles. The van der Waals surface area contributed by atoms with Gasteiger partial charge in [-0.05, 0) is 64.4 Å². The van der Waals surface area contributed by atoms with Gasteiger partial charge in [0.1, 0.15) is 5.82 Å². The number of nitrogens with zero attached hydrogens (tertiary/aromatic N) is 4. The molecule has 1 aromatic heterocycles. The van der Waals surface area contributed by atoms with Crippen LogP contribution in [-0.4, -0.2) is 66.3 Å². The number of likely N-dealkylation sites (N-methyl/N-ethyl adjacent to an activating group) is 1. The van der Waals surface area contributed by atoms with Gasteiger partial charge >= 0.3 is 6.03 Å². The number of amides is 2. The van der Waals surface area contributed by atoms with Gasteiger partial charge < -0.3 is 20.3 Å². The summed E-state index contributed by atoms with van der Waals surface area (Å²) in [7, 11) is 2.23. The highest BCUT2D eigenvalue weighted by Crippen LogP contribution is 2.45. The first-order valence-electron chi connectivity index (χ1n) is 11.7. The topological polar surface area (TPSA) is 82.6 Å². The van der Waals surface area contributed by atoms with Gasteiger partial charge in [-0.1, -0.05) is 0 Å². The summed E-state index contributed by atoms with van der Waals surface area (Å²) < 4.78 is 5.69. The number of nitrogens with one attached hydrogen (secondary N) is 2. The molecule has 32 heavy (non-hydrogen) atoms. The lowest BCUT2D eigenvalue weighted by Crippen LogP contribution is -2.46. The van der Waals surface area contributed by atoms with Crippen molar-refractivity contribution in [2.75, 3.05) is 43.6 Å². The molecule has 3 aliphatic rings. The number of fused-ring (bicyclic) bond motifs is 4. The predicted octanol–water partition coefficient (Wildman–Crippen LogP) is 3.20. The maximum atomic E-state index is 11.8. The quantitative estimate of drug-likeness (QED) is 0.766. The SMILES string of the molecule is CCNC(=O)Nc1ccc(-c2nc3c(c(N4CCOC[C@@H]4C)n2)C[C@H]2CC[C@@H]3N2C)cc1. The fraction of sp³-hybridized carbons (Fsp3) is 0.542. The van der Waals surface area contributed by atoms with Crippen LogP contribution >= 0.6 is 0 Å². The molecule has 3 atom stereocenters. The number of morpholine rings is 1. The average Bonchev–Trinajstić information content (AvgIpc) is 3.03. The average molecular weight is 437 g/mol. The van der Waals surface area contributed by atoms with E-state index in [2.05, 4.69) is 34.4 Å². The number of rotatable bonds is 4. The molecular weight excluding hydrogens is 404 g/mol. The molecular formula is C24H32N6O2. The highest BCUT2D eigenvalue weighted by atomic mass is 16.5. The molecule has 2 fully saturated rings. The molecule has 170 valence electrons. The van der Waals surface area contributed by atoms with Crippen molar-refractivity contribution >= 4 is 17.5 Å². The number of hydrogen-bond donors (Lipinski definition) is 2. The third-order valence-electron chi connectivity index (χ3n) is 6.99. The van der Waals surface area contributed by atoms with Gasteiger partial charge in [0.15, 0.2) is 5.82 Å². The third kappa shape index (κ3) is 3.82. The Bertz CT molecular complexity index is 995. The summed E-state index contributed by atoms with van der Waals surface area (Å²) in [6, 6.07) is 8.81. The molecule has 2 saturated heterocycles. The minimum absolute atomic E-state index is 0.201. The summed E-state index contributed by atoms with van der Waals surface area (Å²) in [6.07, 6.45) is 3.38. The van der Waals surface area contributed by atoms with Crippen LogP contribution in [0, 0.1) is 0 Å². The van der Waals surface area contributed by atoms with Crippen LogP contribution in [0.3, 0.4) is 0 Å². The number of anilines is 2. The zero-order chi connectivity index (χ0) is 22.2. The van der Waals surface area contributed by atoms with Crippen LogP contribution in [0.4, 0.5) is 16.3 Å². The second-order valence-corrected chi connectivity index (χ2v) is 9.03. The molecule has 0 unspecified atom stereocenters. The van der Waals surface area contributed by atoms with Crippen molar-refractivity contribution in [1.82, 2.24) is 20.2 Å². The third-order valence-corrected chi connectivity index (χ3v) is 6.99. The predicted molar refractivity (Wildman–Crippen MR) is 125 cm³/mol. The molecule has 0 spiro atoms. The Morgan fingerprint density at radius 1 is 1.22 bits per heavy atom. The lowest BCUT2D eigenvalue weighted by atomic mass is 9.97. The molecule has 2 amide bonds. The standard InChI is InChI=1S/C24H32N6O2/c1-4-25-24(31)26-17-7-5-16(6-8-17)22-27-21-19(13-18-9-10-20(21)29(18)3)23(28-22)30-11-12-32-14-15(30)2/h5-8,15,18,20H,4,9-14H2,1-3H3,(H2,25,26,31)/t15-,18+,20-/m0/s1. The van der Waals surface area contributed by atoms with Crippen molar-refractivity contribution in [3.05, 3.63) is 35.5 Å². The van der Waals surface area contributed by atoms with Crippen LogP contribution in [0.1, 0.15) is 44.0 Å². The minimum atomic E-state index is -0.201. The molecule has 8 nitrogen and oxygen atoms in total. The summed E-state index contributed by atoms with van der Waals surface area (Å²) >= 11 is 0. The number of benzene rings is 1. The minimum Gasteiger partial charge on any atom is -0.377 e. The zero-order valence-electron chi connectivity index (χ0n) is 19.1. The Kier molecular flexibility index (Phi) is 5.73. The Hall–Kier alpha value is -2.71. The zero-order valence-corrected chi connectivity index (χ0v) is 19.1. The van der Waals surface area contributed by atoms with Crippen LogP contribution in [-0.2, 0) is 11.2 Å². The van der Waals surface area contributed by atoms with Gasteiger partial charge in [-0.2, -0.15) is 0 Å². The molecule has 2 bridgehead atoms. The Balaban J connectivity index is 1.52. The van der Waals surface area contributed by atoms with Gasteiger partial charge in [0.05, 0.1) is 31.0 Å². The van der Waals surface area contributed by atoms with Crippen molar-refractivity contribution in [3.8, 4) is 11.4 Å². The van der Waals surface area contributed by atoms with E-state index in [9.17, 15) is 4.79 Å². The van der Waals surface area contributed by atoms with Crippen molar-refractivity contribution in [2.24, 2.45) is 0 Å². The summed E-state index contributed by atoms with van der Waals surface area (Å²) in [5.74, 6) is 1.83.